The van der Waals surface area contributed by atoms with Gasteiger partial charge in [-0.25, -0.2) is 9.78 Å². The largest absolute Gasteiger partial charge is 0.335 e. The van der Waals surface area contributed by atoms with Crippen LogP contribution in [0.3, 0.4) is 0 Å². The Morgan fingerprint density at radius 2 is 2.07 bits per heavy atom. The van der Waals surface area contributed by atoms with Gasteiger partial charge in [0.05, 0.1) is 16.3 Å². The Morgan fingerprint density at radius 1 is 1.36 bits per heavy atom. The lowest BCUT2D eigenvalue weighted by atomic mass is 9.95. The summed E-state index contributed by atoms with van der Waals surface area (Å²) >= 11 is 1.54. The number of hydrogen-bond donors (Lipinski definition) is 1. The highest BCUT2D eigenvalue weighted by Crippen LogP contribution is 2.29. The Kier molecular flexibility index (Phi) is 5.69. The molecule has 0 aliphatic carbocycles. The number of nitrogens with one attached hydrogen (secondary N) is 1. The molecule has 7 nitrogen and oxygen atoms in total. The van der Waals surface area contributed by atoms with Gasteiger partial charge in [0.2, 0.25) is 5.91 Å². The second-order valence-electron chi connectivity index (χ2n) is 7.46. The molecule has 1 fully saturated rings. The molecule has 0 bridgehead atoms. The fraction of sp³-hybridized carbons (Fsp3) is 0.500. The van der Waals surface area contributed by atoms with E-state index in [-0.39, 0.29) is 24.4 Å². The molecular weight excluding hydrogens is 376 g/mol. The first-order valence-corrected chi connectivity index (χ1v) is 10.3. The number of carbonyl (C=O) groups is 3. The van der Waals surface area contributed by atoms with Crippen molar-refractivity contribution in [2.24, 2.45) is 0 Å². The van der Waals surface area contributed by atoms with Crippen LogP contribution in [0.4, 0.5) is 4.79 Å². The number of amides is 4. The molecule has 0 unspecified atom stereocenters. The van der Waals surface area contributed by atoms with Crippen molar-refractivity contribution >= 4 is 39.4 Å². The van der Waals surface area contributed by atoms with E-state index in [9.17, 15) is 14.4 Å². The molecule has 0 saturated carbocycles. The summed E-state index contributed by atoms with van der Waals surface area (Å²) in [6, 6.07) is 7.06. The first-order valence-electron chi connectivity index (χ1n) is 9.52. The molecule has 0 spiro atoms. The molecule has 1 saturated heterocycles. The summed E-state index contributed by atoms with van der Waals surface area (Å²) in [5.74, 6) is -0.629. The van der Waals surface area contributed by atoms with Crippen LogP contribution >= 0.6 is 11.3 Å². The summed E-state index contributed by atoms with van der Waals surface area (Å²) in [6.07, 6.45) is 2.33. The van der Waals surface area contributed by atoms with Gasteiger partial charge in [0.25, 0.3) is 5.91 Å². The van der Waals surface area contributed by atoms with Gasteiger partial charge in [-0.1, -0.05) is 31.9 Å². The molecule has 2 aromatic rings. The topological polar surface area (TPSA) is 82.6 Å². The molecule has 28 heavy (non-hydrogen) atoms. The number of nitrogens with zero attached hydrogens (tertiary/aromatic N) is 3. The number of unbranched alkanes of at least 4 members (excludes halogenated alkanes) is 1. The number of para-hydroxylation sites is 1. The van der Waals surface area contributed by atoms with Crippen LogP contribution in [0.5, 0.6) is 0 Å². The lowest BCUT2D eigenvalue weighted by Crippen LogP contribution is -2.45. The molecule has 1 aliphatic rings. The minimum absolute atomic E-state index is 0.253. The highest BCUT2D eigenvalue weighted by molar-refractivity contribution is 7.18. The van der Waals surface area contributed by atoms with Crippen molar-refractivity contribution in [2.45, 2.75) is 51.6 Å². The van der Waals surface area contributed by atoms with E-state index < -0.39 is 11.6 Å². The fourth-order valence-electron chi connectivity index (χ4n) is 3.29. The van der Waals surface area contributed by atoms with Crippen molar-refractivity contribution < 1.29 is 14.4 Å². The Morgan fingerprint density at radius 3 is 2.75 bits per heavy atom. The highest BCUT2D eigenvalue weighted by atomic mass is 32.1. The average molecular weight is 403 g/mol. The summed E-state index contributed by atoms with van der Waals surface area (Å²) < 4.78 is 1.06. The second kappa shape index (κ2) is 7.87. The molecule has 3 rings (SSSR count). The van der Waals surface area contributed by atoms with Crippen molar-refractivity contribution in [1.29, 1.82) is 0 Å². The number of imide groups is 1. The van der Waals surface area contributed by atoms with E-state index in [4.69, 9.17) is 0 Å². The van der Waals surface area contributed by atoms with Gasteiger partial charge in [-0.15, -0.1) is 11.3 Å². The number of carbonyl (C=O) groups excluding carboxylic acids is 3. The standard InChI is InChI=1S/C20H26N4O3S/c1-5-6-11-20(3)18(26)24(19(27)22-20)12-16(25)23(4)13(2)17-21-14-9-7-8-10-15(14)28-17/h7-10,13H,5-6,11-12H2,1-4H3,(H,22,27)/t13-,20-/m0/s1. The normalized spacial score (nSPS) is 20.5. The zero-order valence-corrected chi connectivity index (χ0v) is 17.5. The van der Waals surface area contributed by atoms with E-state index >= 15 is 0 Å². The third-order valence-electron chi connectivity index (χ3n) is 5.31. The van der Waals surface area contributed by atoms with Crippen LogP contribution in [0.25, 0.3) is 10.2 Å². The second-order valence-corrected chi connectivity index (χ2v) is 8.52. The number of aromatic nitrogens is 1. The zero-order chi connectivity index (χ0) is 20.5. The number of fused-ring (bicyclic) bond motifs is 1. The predicted octanol–water partition coefficient (Wildman–Crippen LogP) is 3.32. The van der Waals surface area contributed by atoms with E-state index in [2.05, 4.69) is 10.3 Å². The van der Waals surface area contributed by atoms with Crippen molar-refractivity contribution in [1.82, 2.24) is 20.1 Å². The van der Waals surface area contributed by atoms with E-state index in [1.807, 2.05) is 38.1 Å². The molecule has 1 aliphatic heterocycles. The summed E-state index contributed by atoms with van der Waals surface area (Å²) in [5.41, 5.74) is -0.0269. The fourth-order valence-corrected chi connectivity index (χ4v) is 4.35. The van der Waals surface area contributed by atoms with Crippen molar-refractivity contribution in [2.75, 3.05) is 13.6 Å². The number of hydrogen-bond acceptors (Lipinski definition) is 5. The Balaban J connectivity index is 1.69. The minimum atomic E-state index is -0.926. The van der Waals surface area contributed by atoms with Crippen LogP contribution in [0.2, 0.25) is 0 Å². The van der Waals surface area contributed by atoms with Crippen molar-refractivity contribution in [3.63, 3.8) is 0 Å². The van der Waals surface area contributed by atoms with Crippen molar-refractivity contribution in [3.05, 3.63) is 29.3 Å². The lowest BCUT2D eigenvalue weighted by Gasteiger charge is -2.25. The minimum Gasteiger partial charge on any atom is -0.335 e. The van der Waals surface area contributed by atoms with Gasteiger partial charge in [-0.3, -0.25) is 14.5 Å². The first kappa shape index (κ1) is 20.3. The predicted molar refractivity (Wildman–Crippen MR) is 109 cm³/mol. The third-order valence-corrected chi connectivity index (χ3v) is 6.52. The molecule has 0 radical (unpaired) electrons. The molecule has 2 heterocycles. The molecule has 1 N–H and O–H groups in total. The molecule has 8 heteroatoms. The SMILES string of the molecule is CCCC[C@]1(C)NC(=O)N(CC(=O)N(C)[C@@H](C)c2nc3ccccc3s2)C1=O. The summed E-state index contributed by atoms with van der Waals surface area (Å²) in [4.78, 5) is 45.0. The molecule has 1 aromatic carbocycles. The van der Waals surface area contributed by atoms with E-state index in [1.165, 1.54) is 11.3 Å². The Labute approximate surface area is 168 Å². The maximum Gasteiger partial charge on any atom is 0.325 e. The number of benzene rings is 1. The van der Waals surface area contributed by atoms with Crippen LogP contribution in [0.1, 0.15) is 51.1 Å². The maximum absolute atomic E-state index is 12.8. The van der Waals surface area contributed by atoms with Gasteiger partial charge in [-0.2, -0.15) is 0 Å². The Bertz CT molecular complexity index is 879. The van der Waals surface area contributed by atoms with Gasteiger partial charge >= 0.3 is 6.03 Å². The van der Waals surface area contributed by atoms with Gasteiger partial charge < -0.3 is 10.2 Å². The summed E-state index contributed by atoms with van der Waals surface area (Å²) in [6.45, 7) is 5.39. The molecule has 4 amide bonds. The van der Waals surface area contributed by atoms with Crippen LogP contribution in [-0.2, 0) is 9.59 Å². The van der Waals surface area contributed by atoms with E-state index in [0.717, 1.165) is 33.0 Å². The molecular formula is C20H26N4O3S. The van der Waals surface area contributed by atoms with Gasteiger partial charge in [0.1, 0.15) is 17.1 Å². The van der Waals surface area contributed by atoms with Crippen LogP contribution in [0, 0.1) is 0 Å². The number of likely N-dealkylation sites (N-methyl/N-ethyl adjacent to an activating group) is 1. The number of urea groups is 1. The number of rotatable bonds is 7. The molecule has 150 valence electrons. The highest BCUT2D eigenvalue weighted by Gasteiger charge is 2.48. The monoisotopic (exact) mass is 402 g/mol. The maximum atomic E-state index is 12.8. The molecule has 2 atom stereocenters. The smallest absolute Gasteiger partial charge is 0.325 e. The van der Waals surface area contributed by atoms with Gasteiger partial charge in [-0.05, 0) is 32.4 Å². The van der Waals surface area contributed by atoms with Crippen molar-refractivity contribution in [3.8, 4) is 0 Å². The van der Waals surface area contributed by atoms with E-state index in [0.29, 0.717) is 6.42 Å². The summed E-state index contributed by atoms with van der Waals surface area (Å²) in [5, 5.41) is 3.57. The summed E-state index contributed by atoms with van der Waals surface area (Å²) in [7, 11) is 1.67. The zero-order valence-electron chi connectivity index (χ0n) is 16.7. The van der Waals surface area contributed by atoms with Crippen LogP contribution < -0.4 is 5.32 Å². The lowest BCUT2D eigenvalue weighted by molar-refractivity contribution is -0.139. The third kappa shape index (κ3) is 3.73. The Hall–Kier alpha value is -2.48. The van der Waals surface area contributed by atoms with Crippen LogP contribution in [-0.4, -0.2) is 51.8 Å². The number of thiazole rings is 1. The van der Waals surface area contributed by atoms with Gasteiger partial charge in [0.15, 0.2) is 0 Å². The van der Waals surface area contributed by atoms with Crippen LogP contribution in [0.15, 0.2) is 24.3 Å². The molecule has 1 aromatic heterocycles. The quantitative estimate of drug-likeness (QED) is 0.720. The van der Waals surface area contributed by atoms with E-state index in [1.54, 1.807) is 18.9 Å². The average Bonchev–Trinajstić information content (AvgIpc) is 3.20. The first-order chi connectivity index (χ1) is 13.3. The van der Waals surface area contributed by atoms with Gasteiger partial charge in [0, 0.05) is 7.05 Å².